The van der Waals surface area contributed by atoms with E-state index in [9.17, 15) is 4.79 Å². The third kappa shape index (κ3) is 4.79. The number of fused-ring (bicyclic) bond motifs is 3. The molecule has 4 heterocycles. The van der Waals surface area contributed by atoms with Crippen LogP contribution in [0.1, 0.15) is 20.8 Å². The van der Waals surface area contributed by atoms with Gasteiger partial charge in [-0.15, -0.1) is 11.3 Å². The number of rotatable bonds is 3. The van der Waals surface area contributed by atoms with Crippen molar-refractivity contribution in [3.8, 4) is 17.0 Å². The van der Waals surface area contributed by atoms with Crippen molar-refractivity contribution in [1.29, 1.82) is 0 Å². The van der Waals surface area contributed by atoms with Gasteiger partial charge in [-0.25, -0.2) is 19.6 Å². The maximum absolute atomic E-state index is 12.7. The van der Waals surface area contributed by atoms with E-state index in [4.69, 9.17) is 32.4 Å². The molecule has 2 unspecified atom stereocenters. The van der Waals surface area contributed by atoms with Crippen LogP contribution in [0, 0.1) is 18.4 Å². The molecular weight excluding hydrogens is 488 g/mol. The molecule has 10 heteroatoms. The van der Waals surface area contributed by atoms with Crippen molar-refractivity contribution in [2.24, 2.45) is 11.8 Å². The average Bonchev–Trinajstić information content (AvgIpc) is 3.22. The number of benzene rings is 1. The lowest BCUT2D eigenvalue weighted by Gasteiger charge is -2.46. The molecule has 2 bridgehead atoms. The normalized spacial score (nSPS) is 22.0. The summed E-state index contributed by atoms with van der Waals surface area (Å²) in [6.07, 6.45) is 1.06. The van der Waals surface area contributed by atoms with Crippen LogP contribution in [-0.4, -0.2) is 59.0 Å². The lowest BCUT2D eigenvalue weighted by Crippen LogP contribution is -2.59. The highest BCUT2D eigenvalue weighted by Gasteiger charge is 2.44. The zero-order valence-corrected chi connectivity index (χ0v) is 21.2. The second kappa shape index (κ2) is 9.26. The van der Waals surface area contributed by atoms with Crippen molar-refractivity contribution in [2.45, 2.75) is 32.5 Å². The second-order valence-corrected chi connectivity index (χ2v) is 11.1. The Balaban J connectivity index is 1.40. The van der Waals surface area contributed by atoms with E-state index in [1.165, 1.54) is 17.7 Å². The van der Waals surface area contributed by atoms with Crippen molar-refractivity contribution in [3.63, 3.8) is 0 Å². The highest BCUT2D eigenvalue weighted by atomic mass is 35.5. The minimum Gasteiger partial charge on any atom is -0.472 e. The molecular formula is C25H25ClN4O4S. The van der Waals surface area contributed by atoms with E-state index < -0.39 is 5.60 Å². The fraction of sp³-hybridized carbons (Fsp3) is 0.440. The highest BCUT2D eigenvalue weighted by molar-refractivity contribution is 7.18. The summed E-state index contributed by atoms with van der Waals surface area (Å²) < 4.78 is 18.7. The Morgan fingerprint density at radius 2 is 1.97 bits per heavy atom. The van der Waals surface area contributed by atoms with Crippen LogP contribution in [0.5, 0.6) is 5.88 Å². The van der Waals surface area contributed by atoms with Crippen molar-refractivity contribution in [1.82, 2.24) is 14.9 Å². The predicted molar refractivity (Wildman–Crippen MR) is 134 cm³/mol. The first-order valence-corrected chi connectivity index (χ1v) is 12.6. The van der Waals surface area contributed by atoms with Gasteiger partial charge in [-0.05, 0) is 26.8 Å². The number of hydrogen-bond donors (Lipinski definition) is 0. The van der Waals surface area contributed by atoms with Crippen LogP contribution in [0.2, 0.25) is 5.02 Å². The Labute approximate surface area is 212 Å². The Hall–Kier alpha value is -2.93. The van der Waals surface area contributed by atoms with Crippen LogP contribution in [0.15, 0.2) is 29.9 Å². The van der Waals surface area contributed by atoms with Crippen molar-refractivity contribution in [2.75, 3.05) is 26.3 Å². The quantitative estimate of drug-likeness (QED) is 0.411. The standard InChI is InChI=1S/C25H25ClN4O4S/c1-25(2,3)34-24(31)30-8-14-10-32-11-15(9-30)21(14)33-23-22-20(28-13-29-23)18(12-35-22)17-6-5-16(27-4)7-19(17)26/h5-7,12-15,21H,8-11H2,1-3H3. The number of amides is 1. The molecule has 3 aromatic rings. The highest BCUT2D eigenvalue weighted by Crippen LogP contribution is 2.41. The molecule has 0 aliphatic carbocycles. The Bertz CT molecular complexity index is 1300. The first kappa shape index (κ1) is 23.8. The van der Waals surface area contributed by atoms with Crippen LogP contribution in [-0.2, 0) is 9.47 Å². The molecule has 8 nitrogen and oxygen atoms in total. The Kier molecular flexibility index (Phi) is 6.30. The van der Waals surface area contributed by atoms with Gasteiger partial charge in [-0.2, -0.15) is 0 Å². The topological polar surface area (TPSA) is 78.1 Å². The van der Waals surface area contributed by atoms with Gasteiger partial charge >= 0.3 is 6.09 Å². The third-order valence-electron chi connectivity index (χ3n) is 6.10. The number of thiophene rings is 1. The van der Waals surface area contributed by atoms with Crippen LogP contribution in [0.25, 0.3) is 26.2 Å². The van der Waals surface area contributed by atoms with Crippen molar-refractivity contribution >= 4 is 44.9 Å². The van der Waals surface area contributed by atoms with Gasteiger partial charge < -0.3 is 19.1 Å². The summed E-state index contributed by atoms with van der Waals surface area (Å²) in [5.74, 6) is 0.540. The van der Waals surface area contributed by atoms with Crippen LogP contribution >= 0.6 is 22.9 Å². The second-order valence-electron chi connectivity index (χ2n) is 9.81. The maximum Gasteiger partial charge on any atom is 0.410 e. The summed E-state index contributed by atoms with van der Waals surface area (Å²) in [5, 5.41) is 2.49. The number of likely N-dealkylation sites (tertiary alicyclic amines) is 1. The lowest BCUT2D eigenvalue weighted by molar-refractivity contribution is -0.112. The number of nitrogens with zero attached hydrogens (tertiary/aromatic N) is 4. The predicted octanol–water partition coefficient (Wildman–Crippen LogP) is 5.82. The maximum atomic E-state index is 12.7. The number of aromatic nitrogens is 2. The molecule has 5 rings (SSSR count). The van der Waals surface area contributed by atoms with E-state index in [2.05, 4.69) is 14.8 Å². The first-order chi connectivity index (χ1) is 16.7. The van der Waals surface area contributed by atoms with Crippen LogP contribution < -0.4 is 4.74 Å². The zero-order valence-electron chi connectivity index (χ0n) is 19.7. The monoisotopic (exact) mass is 512 g/mol. The fourth-order valence-electron chi connectivity index (χ4n) is 4.59. The molecule has 0 N–H and O–H groups in total. The summed E-state index contributed by atoms with van der Waals surface area (Å²) >= 11 is 7.97. The number of halogens is 1. The SMILES string of the molecule is [C-]#[N+]c1ccc(-c2csc3c(OC4C5COCC4CN(C(=O)OC(C)(C)C)C5)ncnc23)c(Cl)c1. The Morgan fingerprint density at radius 1 is 1.23 bits per heavy atom. The minimum absolute atomic E-state index is 0.00933. The molecule has 2 fully saturated rings. The van der Waals surface area contributed by atoms with E-state index in [-0.39, 0.29) is 24.0 Å². The van der Waals surface area contributed by atoms with E-state index in [1.807, 2.05) is 32.2 Å². The first-order valence-electron chi connectivity index (χ1n) is 11.4. The molecule has 1 amide bonds. The summed E-state index contributed by atoms with van der Waals surface area (Å²) in [6.45, 7) is 14.8. The van der Waals surface area contributed by atoms with Crippen molar-refractivity contribution < 1.29 is 19.0 Å². The minimum atomic E-state index is -0.543. The third-order valence-corrected chi connectivity index (χ3v) is 7.37. The van der Waals surface area contributed by atoms with Crippen molar-refractivity contribution in [3.05, 3.63) is 46.3 Å². The molecule has 2 aliphatic heterocycles. The smallest absolute Gasteiger partial charge is 0.410 e. The van der Waals surface area contributed by atoms with Gasteiger partial charge in [0.05, 0.1) is 25.3 Å². The summed E-state index contributed by atoms with van der Waals surface area (Å²) in [7, 11) is 0. The van der Waals surface area contributed by atoms with Gasteiger partial charge in [0.25, 0.3) is 0 Å². The van der Waals surface area contributed by atoms with Crippen LogP contribution in [0.4, 0.5) is 10.5 Å². The largest absolute Gasteiger partial charge is 0.472 e. The fourth-order valence-corrected chi connectivity index (χ4v) is 5.82. The molecule has 0 saturated carbocycles. The molecule has 2 saturated heterocycles. The van der Waals surface area contributed by atoms with E-state index in [1.54, 1.807) is 17.0 Å². The molecule has 1 aromatic carbocycles. The van der Waals surface area contributed by atoms with Gasteiger partial charge in [0.15, 0.2) is 5.69 Å². The van der Waals surface area contributed by atoms with Gasteiger partial charge in [-0.3, -0.25) is 0 Å². The summed E-state index contributed by atoms with van der Waals surface area (Å²) in [4.78, 5) is 26.8. The van der Waals surface area contributed by atoms with Gasteiger partial charge in [-0.1, -0.05) is 23.7 Å². The number of hydrogen-bond acceptors (Lipinski definition) is 7. The molecule has 0 spiro atoms. The number of ether oxygens (including phenoxy) is 3. The summed E-state index contributed by atoms with van der Waals surface area (Å²) in [6, 6.07) is 5.25. The van der Waals surface area contributed by atoms with Crippen LogP contribution in [0.3, 0.4) is 0 Å². The molecule has 2 atom stereocenters. The zero-order chi connectivity index (χ0) is 24.7. The van der Waals surface area contributed by atoms with Gasteiger partial charge in [0.2, 0.25) is 5.88 Å². The number of carbonyl (C=O) groups excluding carboxylic acids is 1. The van der Waals surface area contributed by atoms with Gasteiger partial charge in [0.1, 0.15) is 22.7 Å². The van der Waals surface area contributed by atoms with Gasteiger partial charge in [0, 0.05) is 46.5 Å². The van der Waals surface area contributed by atoms with E-state index in [0.29, 0.717) is 42.9 Å². The number of piperidine rings is 1. The number of carbonyl (C=O) groups is 1. The average molecular weight is 513 g/mol. The molecule has 182 valence electrons. The molecule has 35 heavy (non-hydrogen) atoms. The Morgan fingerprint density at radius 3 is 2.63 bits per heavy atom. The molecule has 2 aromatic heterocycles. The molecule has 0 radical (unpaired) electrons. The molecule has 2 aliphatic rings. The van der Waals surface area contributed by atoms with E-state index >= 15 is 0 Å². The lowest BCUT2D eigenvalue weighted by atomic mass is 9.84. The van der Waals surface area contributed by atoms with E-state index in [0.717, 1.165) is 21.3 Å². The summed E-state index contributed by atoms with van der Waals surface area (Å²) in [5.41, 5.74) is 2.39.